The van der Waals surface area contributed by atoms with Crippen LogP contribution < -0.4 is 5.32 Å². The second-order valence-corrected chi connectivity index (χ2v) is 7.22. The van der Waals surface area contributed by atoms with Crippen LogP contribution >= 0.6 is 0 Å². The molecular weight excluding hydrogens is 278 g/mol. The summed E-state index contributed by atoms with van der Waals surface area (Å²) in [6.07, 6.45) is 5.66. The Labute approximate surface area is 131 Å². The molecule has 1 amide bonds. The maximum absolute atomic E-state index is 12.4. The van der Waals surface area contributed by atoms with Crippen molar-refractivity contribution in [1.29, 1.82) is 0 Å². The SMILES string of the molecule is CC(CO)(NC(=O)CC1CC2CCC1C2)c1ccc(O)cc1. The first-order valence-corrected chi connectivity index (χ1v) is 8.21. The van der Waals surface area contributed by atoms with Gasteiger partial charge in [0.05, 0.1) is 12.1 Å². The number of hydrogen-bond acceptors (Lipinski definition) is 3. The van der Waals surface area contributed by atoms with Gasteiger partial charge >= 0.3 is 0 Å². The van der Waals surface area contributed by atoms with Crippen LogP contribution in [-0.2, 0) is 10.3 Å². The molecule has 1 aromatic rings. The smallest absolute Gasteiger partial charge is 0.221 e. The van der Waals surface area contributed by atoms with Crippen LogP contribution in [0, 0.1) is 17.8 Å². The number of carbonyl (C=O) groups excluding carboxylic acids is 1. The van der Waals surface area contributed by atoms with Crippen molar-refractivity contribution >= 4 is 5.91 Å². The maximum Gasteiger partial charge on any atom is 0.221 e. The minimum atomic E-state index is -0.803. The Bertz CT molecular complexity index is 542. The lowest BCUT2D eigenvalue weighted by molar-refractivity contribution is -0.124. The van der Waals surface area contributed by atoms with Gasteiger partial charge in [-0.1, -0.05) is 18.6 Å². The zero-order chi connectivity index (χ0) is 15.7. The maximum atomic E-state index is 12.4. The van der Waals surface area contributed by atoms with E-state index in [1.165, 1.54) is 25.7 Å². The van der Waals surface area contributed by atoms with Gasteiger partial charge in [0.25, 0.3) is 0 Å². The quantitative estimate of drug-likeness (QED) is 0.783. The molecule has 2 bridgehead atoms. The van der Waals surface area contributed by atoms with Crippen LogP contribution in [0.4, 0.5) is 0 Å². The third-order valence-corrected chi connectivity index (χ3v) is 5.57. The highest BCUT2D eigenvalue weighted by atomic mass is 16.3. The highest BCUT2D eigenvalue weighted by molar-refractivity contribution is 5.77. The van der Waals surface area contributed by atoms with Gasteiger partial charge in [0, 0.05) is 6.42 Å². The number of aliphatic hydroxyl groups excluding tert-OH is 1. The molecule has 1 aromatic carbocycles. The number of aliphatic hydroxyl groups is 1. The van der Waals surface area contributed by atoms with Gasteiger partial charge < -0.3 is 15.5 Å². The third-order valence-electron chi connectivity index (χ3n) is 5.57. The Morgan fingerprint density at radius 2 is 2.00 bits per heavy atom. The fourth-order valence-corrected chi connectivity index (χ4v) is 4.26. The number of carbonyl (C=O) groups is 1. The van der Waals surface area contributed by atoms with E-state index in [9.17, 15) is 15.0 Å². The molecule has 2 fully saturated rings. The number of aromatic hydroxyl groups is 1. The Balaban J connectivity index is 1.64. The number of amides is 1. The largest absolute Gasteiger partial charge is 0.508 e. The molecule has 0 radical (unpaired) electrons. The molecule has 3 rings (SSSR count). The van der Waals surface area contributed by atoms with Gasteiger partial charge in [0.2, 0.25) is 5.91 Å². The first-order valence-electron chi connectivity index (χ1n) is 8.21. The summed E-state index contributed by atoms with van der Waals surface area (Å²) in [6, 6.07) is 6.63. The molecule has 0 heterocycles. The Hall–Kier alpha value is -1.55. The predicted molar refractivity (Wildman–Crippen MR) is 84.2 cm³/mol. The molecule has 2 saturated carbocycles. The summed E-state index contributed by atoms with van der Waals surface area (Å²) >= 11 is 0. The second kappa shape index (κ2) is 5.92. The van der Waals surface area contributed by atoms with Crippen LogP contribution in [0.5, 0.6) is 5.75 Å². The Kier molecular flexibility index (Phi) is 4.13. The fourth-order valence-electron chi connectivity index (χ4n) is 4.26. The lowest BCUT2D eigenvalue weighted by Crippen LogP contribution is -2.47. The van der Waals surface area contributed by atoms with Crippen molar-refractivity contribution in [1.82, 2.24) is 5.32 Å². The molecule has 0 saturated heterocycles. The van der Waals surface area contributed by atoms with E-state index in [0.29, 0.717) is 12.3 Å². The molecule has 120 valence electrons. The molecule has 4 heteroatoms. The van der Waals surface area contributed by atoms with E-state index in [-0.39, 0.29) is 18.3 Å². The van der Waals surface area contributed by atoms with Gasteiger partial charge in [-0.15, -0.1) is 0 Å². The number of benzene rings is 1. The molecule has 0 aliphatic heterocycles. The van der Waals surface area contributed by atoms with Gasteiger partial charge in [0.15, 0.2) is 0 Å². The highest BCUT2D eigenvalue weighted by Gasteiger charge is 2.40. The minimum Gasteiger partial charge on any atom is -0.508 e. The number of nitrogens with one attached hydrogen (secondary N) is 1. The van der Waals surface area contributed by atoms with Crippen molar-refractivity contribution in [3.8, 4) is 5.75 Å². The van der Waals surface area contributed by atoms with E-state index in [1.807, 2.05) is 6.92 Å². The Morgan fingerprint density at radius 3 is 2.55 bits per heavy atom. The average molecular weight is 303 g/mol. The minimum absolute atomic E-state index is 0.0159. The van der Waals surface area contributed by atoms with Gasteiger partial charge in [-0.2, -0.15) is 0 Å². The zero-order valence-electron chi connectivity index (χ0n) is 13.1. The molecule has 4 atom stereocenters. The van der Waals surface area contributed by atoms with Crippen molar-refractivity contribution in [2.45, 2.75) is 44.6 Å². The van der Waals surface area contributed by atoms with E-state index < -0.39 is 5.54 Å². The second-order valence-electron chi connectivity index (χ2n) is 7.22. The van der Waals surface area contributed by atoms with Crippen LogP contribution in [0.2, 0.25) is 0 Å². The number of hydrogen-bond donors (Lipinski definition) is 3. The van der Waals surface area contributed by atoms with Crippen LogP contribution in [0.1, 0.15) is 44.6 Å². The van der Waals surface area contributed by atoms with Gasteiger partial charge in [-0.25, -0.2) is 0 Å². The van der Waals surface area contributed by atoms with E-state index in [2.05, 4.69) is 5.32 Å². The predicted octanol–water partition coefficient (Wildman–Crippen LogP) is 2.54. The van der Waals surface area contributed by atoms with Crippen LogP contribution in [0.25, 0.3) is 0 Å². The number of phenolic OH excluding ortho intramolecular Hbond substituents is 1. The molecule has 2 aliphatic carbocycles. The summed E-state index contributed by atoms with van der Waals surface area (Å²) < 4.78 is 0. The zero-order valence-corrected chi connectivity index (χ0v) is 13.1. The van der Waals surface area contributed by atoms with Crippen LogP contribution in [0.15, 0.2) is 24.3 Å². The molecule has 0 spiro atoms. The summed E-state index contributed by atoms with van der Waals surface area (Å²) in [4.78, 5) is 12.4. The summed E-state index contributed by atoms with van der Waals surface area (Å²) in [5.74, 6) is 2.27. The van der Waals surface area contributed by atoms with E-state index in [0.717, 1.165) is 17.4 Å². The molecule has 0 aromatic heterocycles. The first-order chi connectivity index (χ1) is 10.5. The standard InChI is InChI=1S/C18H25NO3/c1-18(11-20,15-4-6-16(21)7-5-15)19-17(22)10-14-9-12-2-3-13(14)8-12/h4-7,12-14,20-21H,2-3,8-11H2,1H3,(H,19,22). The summed E-state index contributed by atoms with van der Waals surface area (Å²) in [7, 11) is 0. The third kappa shape index (κ3) is 2.98. The van der Waals surface area contributed by atoms with E-state index >= 15 is 0 Å². The van der Waals surface area contributed by atoms with Gasteiger partial charge in [-0.3, -0.25) is 4.79 Å². The molecular formula is C18H25NO3. The Morgan fingerprint density at radius 1 is 1.27 bits per heavy atom. The molecule has 4 nitrogen and oxygen atoms in total. The number of fused-ring (bicyclic) bond motifs is 2. The van der Waals surface area contributed by atoms with Crippen molar-refractivity contribution in [3.05, 3.63) is 29.8 Å². The normalized spacial score (nSPS) is 29.3. The lowest BCUT2D eigenvalue weighted by Gasteiger charge is -2.31. The van der Waals surface area contributed by atoms with Crippen molar-refractivity contribution in [2.24, 2.45) is 17.8 Å². The first kappa shape index (κ1) is 15.3. The van der Waals surface area contributed by atoms with Crippen molar-refractivity contribution < 1.29 is 15.0 Å². The highest BCUT2D eigenvalue weighted by Crippen LogP contribution is 2.49. The summed E-state index contributed by atoms with van der Waals surface area (Å²) in [5.41, 5.74) is -0.00309. The van der Waals surface area contributed by atoms with Crippen molar-refractivity contribution in [2.75, 3.05) is 6.61 Å². The monoisotopic (exact) mass is 303 g/mol. The fraction of sp³-hybridized carbons (Fsp3) is 0.611. The number of rotatable bonds is 5. The van der Waals surface area contributed by atoms with E-state index in [1.54, 1.807) is 24.3 Å². The molecule has 22 heavy (non-hydrogen) atoms. The molecule has 2 aliphatic rings. The van der Waals surface area contributed by atoms with E-state index in [4.69, 9.17) is 0 Å². The topological polar surface area (TPSA) is 69.6 Å². The van der Waals surface area contributed by atoms with Crippen LogP contribution in [0.3, 0.4) is 0 Å². The van der Waals surface area contributed by atoms with Crippen molar-refractivity contribution in [3.63, 3.8) is 0 Å². The summed E-state index contributed by atoms with van der Waals surface area (Å²) in [5, 5.41) is 22.1. The molecule has 4 unspecified atom stereocenters. The summed E-state index contributed by atoms with van der Waals surface area (Å²) in [6.45, 7) is 1.65. The van der Waals surface area contributed by atoms with Gasteiger partial charge in [-0.05, 0) is 61.6 Å². The molecule has 3 N–H and O–H groups in total. The van der Waals surface area contributed by atoms with Gasteiger partial charge in [0.1, 0.15) is 5.75 Å². The number of phenols is 1. The average Bonchev–Trinajstić information content (AvgIpc) is 3.10. The lowest BCUT2D eigenvalue weighted by atomic mass is 9.85. The van der Waals surface area contributed by atoms with Crippen LogP contribution in [-0.4, -0.2) is 22.7 Å².